The third kappa shape index (κ3) is 4.65. The largest absolute Gasteiger partial charge is 0.494 e. The van der Waals surface area contributed by atoms with Crippen LogP contribution in [0, 0.1) is 6.92 Å². The molecule has 0 spiro atoms. The Bertz CT molecular complexity index is 1450. The lowest BCUT2D eigenvalue weighted by atomic mass is 9.96. The molecule has 0 unspecified atom stereocenters. The van der Waals surface area contributed by atoms with Gasteiger partial charge in [-0.25, -0.2) is 9.79 Å². The third-order valence-corrected chi connectivity index (χ3v) is 7.35. The molecule has 0 N–H and O–H groups in total. The Morgan fingerprint density at radius 3 is 2.53 bits per heavy atom. The molecule has 2 heterocycles. The molecule has 0 fully saturated rings. The molecule has 2 aromatic carbocycles. The molecule has 1 atom stereocenters. The number of hydrogen-bond donors (Lipinski definition) is 0. The smallest absolute Gasteiger partial charge is 0.338 e. The molecule has 0 amide bonds. The van der Waals surface area contributed by atoms with Gasteiger partial charge < -0.3 is 9.47 Å². The molecule has 4 rings (SSSR count). The van der Waals surface area contributed by atoms with Gasteiger partial charge in [-0.3, -0.25) is 9.36 Å². The Labute approximate surface area is 210 Å². The Kier molecular flexibility index (Phi) is 7.19. The minimum Gasteiger partial charge on any atom is -0.494 e. The van der Waals surface area contributed by atoms with E-state index in [-0.39, 0.29) is 12.2 Å². The number of aryl methyl sites for hydroxylation is 1. The molecule has 6 nitrogen and oxygen atoms in total. The fraction of sp³-hybridized carbons (Fsp3) is 0.269. The van der Waals surface area contributed by atoms with Crippen molar-refractivity contribution in [1.82, 2.24) is 4.57 Å². The Morgan fingerprint density at radius 1 is 1.15 bits per heavy atom. The molecule has 8 heteroatoms. The first-order chi connectivity index (χ1) is 16.3. The standard InChI is InChI=1S/C26H25BrN2O4S/c1-5-32-19-11-9-18(10-12-19)23-22(25(31)33-6-2)16(4)28-26-29(23)24(30)21(34-26)14-17-8-7-15(3)20(27)13-17/h7-14,23H,5-6H2,1-4H3/b21-14-/t23-/m0/s1. The van der Waals surface area contributed by atoms with Gasteiger partial charge in [-0.2, -0.15) is 0 Å². The number of halogens is 1. The molecule has 0 radical (unpaired) electrons. The average Bonchev–Trinajstić information content (AvgIpc) is 3.10. The molecule has 0 saturated heterocycles. The molecule has 1 aliphatic rings. The maximum absolute atomic E-state index is 13.6. The zero-order valence-electron chi connectivity index (χ0n) is 19.4. The summed E-state index contributed by atoms with van der Waals surface area (Å²) in [7, 11) is 0. The van der Waals surface area contributed by atoms with Gasteiger partial charge in [-0.1, -0.05) is 51.5 Å². The number of ether oxygens (including phenoxy) is 2. The first kappa shape index (κ1) is 24.2. The first-order valence-electron chi connectivity index (χ1n) is 11.0. The van der Waals surface area contributed by atoms with Crippen LogP contribution in [0.3, 0.4) is 0 Å². The normalized spacial score (nSPS) is 15.7. The van der Waals surface area contributed by atoms with E-state index in [1.807, 2.05) is 62.4 Å². The van der Waals surface area contributed by atoms with E-state index in [9.17, 15) is 9.59 Å². The number of esters is 1. The molecule has 0 bridgehead atoms. The summed E-state index contributed by atoms with van der Waals surface area (Å²) in [5.41, 5.74) is 3.51. The number of hydrogen-bond acceptors (Lipinski definition) is 6. The number of thiazole rings is 1. The van der Waals surface area contributed by atoms with Crippen molar-refractivity contribution in [2.45, 2.75) is 33.7 Å². The Morgan fingerprint density at radius 2 is 1.88 bits per heavy atom. The SMILES string of the molecule is CCOC(=O)C1=C(C)N=c2s/c(=C\c3ccc(C)c(Br)c3)c(=O)n2[C@H]1c1ccc(OCC)cc1. The van der Waals surface area contributed by atoms with E-state index in [2.05, 4.69) is 20.9 Å². The quantitative estimate of drug-likeness (QED) is 0.438. The summed E-state index contributed by atoms with van der Waals surface area (Å²) >= 11 is 4.86. The maximum atomic E-state index is 13.6. The predicted molar refractivity (Wildman–Crippen MR) is 137 cm³/mol. The lowest BCUT2D eigenvalue weighted by Gasteiger charge is -2.24. The van der Waals surface area contributed by atoms with Crippen molar-refractivity contribution in [1.29, 1.82) is 0 Å². The highest BCUT2D eigenvalue weighted by Gasteiger charge is 2.33. The van der Waals surface area contributed by atoms with Gasteiger partial charge in [-0.15, -0.1) is 0 Å². The average molecular weight is 541 g/mol. The highest BCUT2D eigenvalue weighted by Crippen LogP contribution is 2.31. The molecule has 176 valence electrons. The van der Waals surface area contributed by atoms with Crippen LogP contribution in [-0.4, -0.2) is 23.8 Å². The molecule has 0 aliphatic carbocycles. The number of rotatable bonds is 6. The van der Waals surface area contributed by atoms with Crippen LogP contribution < -0.4 is 19.6 Å². The lowest BCUT2D eigenvalue weighted by molar-refractivity contribution is -0.139. The Balaban J connectivity index is 1.91. The summed E-state index contributed by atoms with van der Waals surface area (Å²) in [4.78, 5) is 31.7. The molecule has 1 aliphatic heterocycles. The maximum Gasteiger partial charge on any atom is 0.338 e. The van der Waals surface area contributed by atoms with Crippen LogP contribution in [0.1, 0.15) is 43.5 Å². The summed E-state index contributed by atoms with van der Waals surface area (Å²) in [5.74, 6) is 0.251. The molecular weight excluding hydrogens is 516 g/mol. The van der Waals surface area contributed by atoms with Crippen LogP contribution in [-0.2, 0) is 9.53 Å². The zero-order valence-corrected chi connectivity index (χ0v) is 21.8. The molecule has 1 aromatic heterocycles. The van der Waals surface area contributed by atoms with Crippen molar-refractivity contribution in [3.05, 3.63) is 94.6 Å². The first-order valence-corrected chi connectivity index (χ1v) is 12.6. The van der Waals surface area contributed by atoms with Crippen LogP contribution in [0.25, 0.3) is 6.08 Å². The summed E-state index contributed by atoms with van der Waals surface area (Å²) in [6.45, 7) is 8.26. The van der Waals surface area contributed by atoms with Crippen molar-refractivity contribution in [2.24, 2.45) is 4.99 Å². The van der Waals surface area contributed by atoms with Crippen molar-refractivity contribution >= 4 is 39.3 Å². The van der Waals surface area contributed by atoms with Crippen LogP contribution in [0.4, 0.5) is 0 Å². The fourth-order valence-electron chi connectivity index (χ4n) is 3.87. The Hall–Kier alpha value is -2.97. The second-order valence-electron chi connectivity index (χ2n) is 7.81. The monoisotopic (exact) mass is 540 g/mol. The van der Waals surface area contributed by atoms with Crippen LogP contribution in [0.2, 0.25) is 0 Å². The van der Waals surface area contributed by atoms with Gasteiger partial charge in [0, 0.05) is 4.47 Å². The second kappa shape index (κ2) is 10.1. The van der Waals surface area contributed by atoms with E-state index in [4.69, 9.17) is 9.47 Å². The summed E-state index contributed by atoms with van der Waals surface area (Å²) in [6, 6.07) is 12.7. The summed E-state index contributed by atoms with van der Waals surface area (Å²) < 4.78 is 14.0. The van der Waals surface area contributed by atoms with Gasteiger partial charge in [0.05, 0.1) is 35.1 Å². The van der Waals surface area contributed by atoms with Gasteiger partial charge in [0.2, 0.25) is 0 Å². The number of nitrogens with zero attached hydrogens (tertiary/aromatic N) is 2. The van der Waals surface area contributed by atoms with Crippen molar-refractivity contribution in [2.75, 3.05) is 13.2 Å². The van der Waals surface area contributed by atoms with Gasteiger partial charge in [-0.05, 0) is 68.7 Å². The van der Waals surface area contributed by atoms with Gasteiger partial charge in [0.1, 0.15) is 5.75 Å². The lowest BCUT2D eigenvalue weighted by Crippen LogP contribution is -2.39. The molecule has 3 aromatic rings. The predicted octanol–water partition coefficient (Wildman–Crippen LogP) is 4.27. The van der Waals surface area contributed by atoms with Crippen molar-refractivity contribution in [3.8, 4) is 5.75 Å². The fourth-order valence-corrected chi connectivity index (χ4v) is 5.31. The highest BCUT2D eigenvalue weighted by molar-refractivity contribution is 9.10. The van der Waals surface area contributed by atoms with Gasteiger partial charge in [0.15, 0.2) is 4.80 Å². The van der Waals surface area contributed by atoms with Crippen molar-refractivity contribution in [3.63, 3.8) is 0 Å². The number of carbonyl (C=O) groups is 1. The van der Waals surface area contributed by atoms with E-state index in [1.165, 1.54) is 11.3 Å². The second-order valence-corrected chi connectivity index (χ2v) is 9.68. The van der Waals surface area contributed by atoms with E-state index in [0.717, 1.165) is 26.9 Å². The van der Waals surface area contributed by atoms with E-state index in [1.54, 1.807) is 18.4 Å². The van der Waals surface area contributed by atoms with Crippen LogP contribution >= 0.6 is 27.3 Å². The topological polar surface area (TPSA) is 69.9 Å². The summed E-state index contributed by atoms with van der Waals surface area (Å²) in [5, 5.41) is 0. The number of fused-ring (bicyclic) bond motifs is 1. The zero-order chi connectivity index (χ0) is 24.4. The minimum absolute atomic E-state index is 0.200. The van der Waals surface area contributed by atoms with Crippen molar-refractivity contribution < 1.29 is 14.3 Å². The van der Waals surface area contributed by atoms with E-state index in [0.29, 0.717) is 27.2 Å². The number of aromatic nitrogens is 1. The molecular formula is C26H25BrN2O4S. The number of allylic oxidation sites excluding steroid dienone is 1. The number of benzene rings is 2. The van der Waals surface area contributed by atoms with Crippen LogP contribution in [0.15, 0.2) is 68.0 Å². The summed E-state index contributed by atoms with van der Waals surface area (Å²) in [6.07, 6.45) is 1.85. The molecule has 0 saturated carbocycles. The minimum atomic E-state index is -0.641. The third-order valence-electron chi connectivity index (χ3n) is 5.52. The highest BCUT2D eigenvalue weighted by atomic mass is 79.9. The van der Waals surface area contributed by atoms with E-state index < -0.39 is 12.0 Å². The van der Waals surface area contributed by atoms with Gasteiger partial charge >= 0.3 is 5.97 Å². The molecule has 34 heavy (non-hydrogen) atoms. The van der Waals surface area contributed by atoms with Crippen LogP contribution in [0.5, 0.6) is 5.75 Å². The van der Waals surface area contributed by atoms with Gasteiger partial charge in [0.25, 0.3) is 5.56 Å². The number of carbonyl (C=O) groups excluding carboxylic acids is 1. The van der Waals surface area contributed by atoms with E-state index >= 15 is 0 Å².